The van der Waals surface area contributed by atoms with Gasteiger partial charge in [-0.3, -0.25) is 4.55 Å². The van der Waals surface area contributed by atoms with Crippen molar-refractivity contribution in [3.8, 4) is 0 Å². The van der Waals surface area contributed by atoms with Crippen LogP contribution in [0.5, 0.6) is 0 Å². The van der Waals surface area contributed by atoms with Crippen LogP contribution in [0.1, 0.15) is 0 Å². The quantitative estimate of drug-likeness (QED) is 0.242. The minimum atomic E-state index is -3.12. The van der Waals surface area contributed by atoms with Gasteiger partial charge in [0.05, 0.1) is 0 Å². The summed E-state index contributed by atoms with van der Waals surface area (Å²) in [5, 5.41) is 0. The zero-order valence-corrected chi connectivity index (χ0v) is 4.61. The van der Waals surface area contributed by atoms with E-state index in [-0.39, 0.29) is 0 Å². The number of thiol groups is 1. The summed E-state index contributed by atoms with van der Waals surface area (Å²) in [6.45, 7) is 0. The molecule has 0 bridgehead atoms. The monoisotopic (exact) mass is 104 g/mol. The van der Waals surface area contributed by atoms with Crippen LogP contribution >= 0.6 is 0 Å². The molecule has 3 nitrogen and oxygen atoms in total. The summed E-state index contributed by atoms with van der Waals surface area (Å²) in [4.78, 5) is 0. The third-order valence-corrected chi connectivity index (χ3v) is 0. The topological polar surface area (TPSA) is 54.4 Å². The summed E-state index contributed by atoms with van der Waals surface area (Å²) in [7, 11) is -3.12. The molecular weight excluding hydrogens is 99.0 g/mol. The van der Waals surface area contributed by atoms with Crippen LogP contribution in [0.2, 0.25) is 5.60 Å². The van der Waals surface area contributed by atoms with E-state index in [1.54, 1.807) is 0 Å². The fourth-order valence-corrected chi connectivity index (χ4v) is 0. The first-order valence-corrected chi connectivity index (χ1v) is 2.70. The van der Waals surface area contributed by atoms with E-state index in [0.717, 1.165) is 0 Å². The van der Waals surface area contributed by atoms with Gasteiger partial charge in [-0.2, -0.15) is 0 Å². The predicted molar refractivity (Wildman–Crippen MR) is 24.6 cm³/mol. The molecule has 0 spiro atoms. The van der Waals surface area contributed by atoms with Crippen molar-refractivity contribution in [2.24, 2.45) is 0 Å². The van der Waals surface area contributed by atoms with Gasteiger partial charge in [0.15, 0.2) is 0 Å². The fourth-order valence-electron chi connectivity index (χ4n) is 0. The third kappa shape index (κ3) is 215. The Morgan fingerprint density at radius 1 is 1.50 bits per heavy atom. The summed E-state index contributed by atoms with van der Waals surface area (Å²) >= 11 is 2.00. The summed E-state index contributed by atoms with van der Waals surface area (Å²) in [5.41, 5.74) is 2.00. The maximum absolute atomic E-state index is 8.59. The van der Waals surface area contributed by atoms with Crippen molar-refractivity contribution in [2.45, 2.75) is 5.60 Å². The van der Waals surface area contributed by atoms with Crippen LogP contribution in [0.4, 0.5) is 0 Å². The molecule has 6 heavy (non-hydrogen) atoms. The molecule has 1 N–H and O–H groups in total. The van der Waals surface area contributed by atoms with Gasteiger partial charge in [0.25, 0.3) is 11.0 Å². The first kappa shape index (κ1) is 9.72. The standard InChI is InChI=1S/CH3.Li.H2O3S/c;;1-4(2)3/h1H3;;4H,(H,1,2,3). The molecule has 0 radical (unpaired) electrons. The molecule has 0 aliphatic rings. The summed E-state index contributed by atoms with van der Waals surface area (Å²) in [6.07, 6.45) is 0. The van der Waals surface area contributed by atoms with Gasteiger partial charge in [0, 0.05) is 0 Å². The molecule has 0 fully saturated rings. The van der Waals surface area contributed by atoms with E-state index >= 15 is 0 Å². The van der Waals surface area contributed by atoms with E-state index in [0.29, 0.717) is 0 Å². The van der Waals surface area contributed by atoms with Gasteiger partial charge in [-0.05, 0) is 0 Å². The molecule has 0 aliphatic carbocycles. The molecule has 0 amide bonds. The second-order valence-corrected chi connectivity index (χ2v) is 0.714. The molecule has 0 aromatic rings. The number of hydrogen-bond acceptors (Lipinski definition) is 2. The zero-order chi connectivity index (χ0) is 5.58. The van der Waals surface area contributed by atoms with Crippen molar-refractivity contribution in [1.82, 2.24) is 0 Å². The Balaban J connectivity index is 0. The molecular formula is CH5LiO3S. The van der Waals surface area contributed by atoms with Gasteiger partial charge >= 0.3 is 23.3 Å². The van der Waals surface area contributed by atoms with Crippen molar-refractivity contribution < 1.29 is 13.0 Å². The summed E-state index contributed by atoms with van der Waals surface area (Å²) in [6, 6.07) is 0. The van der Waals surface area contributed by atoms with Crippen LogP contribution < -0.4 is 0 Å². The third-order valence-electron chi connectivity index (χ3n) is 0. The summed E-state index contributed by atoms with van der Waals surface area (Å²) < 4.78 is 24.2. The first-order valence-electron chi connectivity index (χ1n) is 1.57. The molecule has 0 aliphatic heterocycles. The van der Waals surface area contributed by atoms with Crippen LogP contribution in [-0.2, 0) is 11.0 Å². The number of rotatable bonds is 0. The molecule has 5 heteroatoms. The molecule has 0 saturated heterocycles. The Kier molecular flexibility index (Phi) is 14.7. The van der Waals surface area contributed by atoms with Gasteiger partial charge in [0.2, 0.25) is 0 Å². The van der Waals surface area contributed by atoms with E-state index < -0.39 is 11.0 Å². The minimum absolute atomic E-state index is 2.00. The van der Waals surface area contributed by atoms with Gasteiger partial charge in [-0.25, -0.2) is 8.42 Å². The first-order chi connectivity index (χ1) is 2.73. The molecule has 0 atom stereocenters. The maximum atomic E-state index is 8.59. The molecule has 0 saturated carbocycles. The van der Waals surface area contributed by atoms with Crippen LogP contribution in [0, 0.1) is 0 Å². The second-order valence-electron chi connectivity index (χ2n) is 0.238. The fraction of sp³-hybridized carbons (Fsp3) is 1.00. The van der Waals surface area contributed by atoms with Crippen molar-refractivity contribution in [2.75, 3.05) is 0 Å². The molecule has 0 heterocycles. The van der Waals surface area contributed by atoms with Crippen molar-refractivity contribution >= 4 is 28.7 Å². The van der Waals surface area contributed by atoms with E-state index in [9.17, 15) is 0 Å². The van der Waals surface area contributed by atoms with E-state index in [2.05, 4.69) is 0 Å². The Bertz CT molecular complexity index is 59.2. The van der Waals surface area contributed by atoms with E-state index in [1.807, 2.05) is 23.3 Å². The van der Waals surface area contributed by atoms with Gasteiger partial charge in [0.1, 0.15) is 0 Å². The van der Waals surface area contributed by atoms with Crippen LogP contribution in [0.3, 0.4) is 0 Å². The predicted octanol–water partition coefficient (Wildman–Crippen LogP) is -0.726. The molecule has 0 aromatic heterocycles. The molecule has 34 valence electrons. The Morgan fingerprint density at radius 3 is 1.50 bits per heavy atom. The normalized spacial score (nSPS) is 6.83. The Labute approximate surface area is 47.7 Å². The van der Waals surface area contributed by atoms with Crippen molar-refractivity contribution in [1.29, 1.82) is 0 Å². The Hall–Kier alpha value is 0.507. The van der Waals surface area contributed by atoms with Crippen LogP contribution in [0.25, 0.3) is 0 Å². The zero-order valence-electron chi connectivity index (χ0n) is 3.71. The molecule has 0 aromatic carbocycles. The van der Waals surface area contributed by atoms with Crippen molar-refractivity contribution in [3.05, 3.63) is 0 Å². The van der Waals surface area contributed by atoms with Crippen LogP contribution in [0.15, 0.2) is 0 Å². The van der Waals surface area contributed by atoms with Gasteiger partial charge in [-0.15, -0.1) is 0 Å². The van der Waals surface area contributed by atoms with E-state index in [4.69, 9.17) is 13.0 Å². The molecule has 0 unspecified atom stereocenters. The SMILES string of the molecule is O=[SH](=O)O.[Li][CH3]. The summed E-state index contributed by atoms with van der Waals surface area (Å²) in [5.74, 6) is 0. The van der Waals surface area contributed by atoms with E-state index in [1.165, 1.54) is 0 Å². The molecule has 0 rings (SSSR count). The number of hydrogen-bond donors (Lipinski definition) is 2. The average molecular weight is 104 g/mol. The average Bonchev–Trinajstić information content (AvgIpc) is 1.41. The van der Waals surface area contributed by atoms with Gasteiger partial charge in [-0.1, -0.05) is 0 Å². The van der Waals surface area contributed by atoms with Crippen molar-refractivity contribution in [3.63, 3.8) is 0 Å². The Morgan fingerprint density at radius 2 is 1.50 bits per heavy atom. The van der Waals surface area contributed by atoms with Gasteiger partial charge < -0.3 is 0 Å². The van der Waals surface area contributed by atoms with Crippen LogP contribution in [-0.4, -0.2) is 30.7 Å². The second kappa shape index (κ2) is 9.10.